The highest BCUT2D eigenvalue weighted by Crippen LogP contribution is 2.21. The molecule has 1 fully saturated rings. The molecule has 36 heavy (non-hydrogen) atoms. The molecule has 200 valence electrons. The van der Waals surface area contributed by atoms with E-state index in [9.17, 15) is 26.3 Å². The number of likely N-dealkylation sites (tertiary alicyclic amines) is 1. The summed E-state index contributed by atoms with van der Waals surface area (Å²) in [5.74, 6) is -4.60. The van der Waals surface area contributed by atoms with Gasteiger partial charge in [-0.15, -0.1) is 0 Å². The number of nitrogens with zero attached hydrogens (tertiary/aromatic N) is 2. The maximum atomic E-state index is 10.6. The highest BCUT2D eigenvalue weighted by atomic mass is 35.5. The minimum atomic E-state index is -5.08. The molecule has 0 unspecified atom stereocenters. The Kier molecular flexibility index (Phi) is 12.5. The van der Waals surface area contributed by atoms with Crippen LogP contribution in [0.3, 0.4) is 0 Å². The summed E-state index contributed by atoms with van der Waals surface area (Å²) >= 11 is 5.89. The third-order valence-electron chi connectivity index (χ3n) is 4.55. The average Bonchev–Trinajstić information content (AvgIpc) is 2.80. The van der Waals surface area contributed by atoms with Crippen LogP contribution in [0, 0.1) is 0 Å². The van der Waals surface area contributed by atoms with Gasteiger partial charge in [0.15, 0.2) is 0 Å². The van der Waals surface area contributed by atoms with Crippen molar-refractivity contribution >= 4 is 23.5 Å². The van der Waals surface area contributed by atoms with E-state index in [1.807, 2.05) is 36.5 Å². The second-order valence-electron chi connectivity index (χ2n) is 7.29. The molecule has 2 N–H and O–H groups in total. The standard InChI is InChI=1S/C18H21ClN2O.2C2HF3O2/c19-15-4-6-17(7-5-15)22-18-9-13-21(14-10-18)12-8-16-3-1-2-11-20-16;2*3-2(4,5)1(6)7/h1-7,11,18H,8-10,12-14H2;2*(H,6,7). The predicted octanol–water partition coefficient (Wildman–Crippen LogP) is 5.09. The lowest BCUT2D eigenvalue weighted by Gasteiger charge is -2.32. The summed E-state index contributed by atoms with van der Waals surface area (Å²) in [6, 6.07) is 13.7. The van der Waals surface area contributed by atoms with E-state index in [-0.39, 0.29) is 0 Å². The highest BCUT2D eigenvalue weighted by Gasteiger charge is 2.38. The Balaban J connectivity index is 0.000000383. The van der Waals surface area contributed by atoms with Crippen LogP contribution in [0.2, 0.25) is 5.02 Å². The van der Waals surface area contributed by atoms with Gasteiger partial charge in [0.1, 0.15) is 11.9 Å². The Hall–Kier alpha value is -3.06. The number of aromatic nitrogens is 1. The quantitative estimate of drug-likeness (QED) is 0.506. The van der Waals surface area contributed by atoms with Crippen LogP contribution in [0.4, 0.5) is 26.3 Å². The number of alkyl halides is 6. The van der Waals surface area contributed by atoms with Gasteiger partial charge in [0.2, 0.25) is 0 Å². The van der Waals surface area contributed by atoms with Crippen molar-refractivity contribution in [2.75, 3.05) is 19.6 Å². The first kappa shape index (κ1) is 31.0. The second kappa shape index (κ2) is 14.5. The molecule has 1 saturated heterocycles. The lowest BCUT2D eigenvalue weighted by Crippen LogP contribution is -2.39. The van der Waals surface area contributed by atoms with Crippen LogP contribution in [0.15, 0.2) is 48.7 Å². The number of rotatable bonds is 5. The third-order valence-corrected chi connectivity index (χ3v) is 4.80. The first-order chi connectivity index (χ1) is 16.7. The first-order valence-corrected chi connectivity index (χ1v) is 10.7. The summed E-state index contributed by atoms with van der Waals surface area (Å²) < 4.78 is 69.5. The summed E-state index contributed by atoms with van der Waals surface area (Å²) in [6.45, 7) is 3.25. The van der Waals surface area contributed by atoms with Gasteiger partial charge in [-0.2, -0.15) is 26.3 Å². The lowest BCUT2D eigenvalue weighted by atomic mass is 10.1. The van der Waals surface area contributed by atoms with E-state index in [1.165, 1.54) is 5.69 Å². The largest absolute Gasteiger partial charge is 0.490 e. The number of carbonyl (C=O) groups is 2. The Morgan fingerprint density at radius 2 is 1.44 bits per heavy atom. The topological polar surface area (TPSA) is 100.0 Å². The van der Waals surface area contributed by atoms with Crippen LogP contribution in [0.5, 0.6) is 5.75 Å². The maximum Gasteiger partial charge on any atom is 0.490 e. The van der Waals surface area contributed by atoms with Crippen LogP contribution in [0.25, 0.3) is 0 Å². The van der Waals surface area contributed by atoms with Gasteiger partial charge in [-0.1, -0.05) is 17.7 Å². The van der Waals surface area contributed by atoms with Gasteiger partial charge >= 0.3 is 24.3 Å². The number of halogens is 7. The summed E-state index contributed by atoms with van der Waals surface area (Å²) in [4.78, 5) is 24.7. The van der Waals surface area contributed by atoms with E-state index in [1.54, 1.807) is 0 Å². The normalized spacial score (nSPS) is 14.5. The van der Waals surface area contributed by atoms with Gasteiger partial charge in [0.05, 0.1) is 0 Å². The van der Waals surface area contributed by atoms with E-state index in [0.29, 0.717) is 6.10 Å². The van der Waals surface area contributed by atoms with Gasteiger partial charge in [0.25, 0.3) is 0 Å². The zero-order chi connectivity index (χ0) is 27.4. The van der Waals surface area contributed by atoms with Crippen molar-refractivity contribution in [2.24, 2.45) is 0 Å². The fourth-order valence-electron chi connectivity index (χ4n) is 2.78. The third kappa shape index (κ3) is 13.1. The lowest BCUT2D eigenvalue weighted by molar-refractivity contribution is -0.193. The molecule has 0 saturated carbocycles. The Bertz CT molecular complexity index is 911. The summed E-state index contributed by atoms with van der Waals surface area (Å²) in [5.41, 5.74) is 1.17. The van der Waals surface area contributed by atoms with E-state index in [2.05, 4.69) is 22.0 Å². The second-order valence-corrected chi connectivity index (χ2v) is 7.73. The van der Waals surface area contributed by atoms with E-state index < -0.39 is 24.3 Å². The zero-order valence-electron chi connectivity index (χ0n) is 18.6. The van der Waals surface area contributed by atoms with E-state index >= 15 is 0 Å². The molecule has 1 aromatic heterocycles. The predicted molar refractivity (Wildman–Crippen MR) is 117 cm³/mol. The number of carboxylic acid groups (broad SMARTS) is 2. The van der Waals surface area contributed by atoms with Crippen LogP contribution in [-0.4, -0.2) is 70.1 Å². The molecule has 0 radical (unpaired) electrons. The van der Waals surface area contributed by atoms with E-state index in [4.69, 9.17) is 36.1 Å². The molecule has 1 aromatic carbocycles. The average molecular weight is 545 g/mol. The van der Waals surface area contributed by atoms with Crippen molar-refractivity contribution in [3.05, 3.63) is 59.4 Å². The molecule has 7 nitrogen and oxygen atoms in total. The Morgan fingerprint density at radius 3 is 1.86 bits per heavy atom. The fourth-order valence-corrected chi connectivity index (χ4v) is 2.90. The van der Waals surface area contributed by atoms with Crippen LogP contribution >= 0.6 is 11.6 Å². The van der Waals surface area contributed by atoms with Crippen LogP contribution in [-0.2, 0) is 16.0 Å². The van der Waals surface area contributed by atoms with Gasteiger partial charge in [-0.25, -0.2) is 9.59 Å². The Morgan fingerprint density at radius 1 is 0.944 bits per heavy atom. The van der Waals surface area contributed by atoms with Gasteiger partial charge < -0.3 is 19.8 Å². The molecule has 3 rings (SSSR count). The minimum Gasteiger partial charge on any atom is -0.490 e. The molecule has 1 aliphatic rings. The molecule has 0 atom stereocenters. The minimum absolute atomic E-state index is 0.312. The number of carboxylic acids is 2. The van der Waals surface area contributed by atoms with Crippen molar-refractivity contribution < 1.29 is 50.9 Å². The number of ether oxygens (including phenoxy) is 1. The number of benzene rings is 1. The van der Waals surface area contributed by atoms with Crippen molar-refractivity contribution in [3.63, 3.8) is 0 Å². The van der Waals surface area contributed by atoms with E-state index in [0.717, 1.165) is 49.7 Å². The molecule has 0 amide bonds. The van der Waals surface area contributed by atoms with Crippen molar-refractivity contribution in [3.8, 4) is 5.75 Å². The van der Waals surface area contributed by atoms with Gasteiger partial charge in [-0.05, 0) is 49.2 Å². The monoisotopic (exact) mass is 544 g/mol. The molecular weight excluding hydrogens is 522 g/mol. The Labute approximate surface area is 207 Å². The SMILES string of the molecule is Clc1ccc(OC2CCN(CCc3ccccn3)CC2)cc1.O=C(O)C(F)(F)F.O=C(O)C(F)(F)F. The molecule has 1 aliphatic heterocycles. The molecule has 2 aromatic rings. The van der Waals surface area contributed by atoms with Crippen molar-refractivity contribution in [1.82, 2.24) is 9.88 Å². The van der Waals surface area contributed by atoms with Crippen LogP contribution in [0.1, 0.15) is 18.5 Å². The molecule has 14 heteroatoms. The fraction of sp³-hybridized carbons (Fsp3) is 0.409. The van der Waals surface area contributed by atoms with Gasteiger partial charge in [-0.3, -0.25) is 4.98 Å². The van der Waals surface area contributed by atoms with Crippen molar-refractivity contribution in [1.29, 1.82) is 0 Å². The number of hydrogen-bond donors (Lipinski definition) is 2. The molecule has 2 heterocycles. The summed E-state index contributed by atoms with van der Waals surface area (Å²) in [7, 11) is 0. The van der Waals surface area contributed by atoms with Gasteiger partial charge in [0, 0.05) is 43.0 Å². The first-order valence-electron chi connectivity index (χ1n) is 10.3. The number of aliphatic carboxylic acids is 2. The zero-order valence-corrected chi connectivity index (χ0v) is 19.4. The number of pyridine rings is 1. The highest BCUT2D eigenvalue weighted by molar-refractivity contribution is 6.30. The molecular formula is C22H23ClF6N2O5. The molecule has 0 aliphatic carbocycles. The molecule has 0 spiro atoms. The maximum absolute atomic E-state index is 10.6. The number of hydrogen-bond acceptors (Lipinski definition) is 5. The number of piperidine rings is 1. The summed E-state index contributed by atoms with van der Waals surface area (Å²) in [5, 5.41) is 15.0. The smallest absolute Gasteiger partial charge is 0.490 e. The van der Waals surface area contributed by atoms with Crippen molar-refractivity contribution in [2.45, 2.75) is 37.7 Å². The summed E-state index contributed by atoms with van der Waals surface area (Å²) in [6.07, 6.45) is -4.83. The van der Waals surface area contributed by atoms with Crippen LogP contribution < -0.4 is 4.74 Å². The molecule has 0 bridgehead atoms.